The van der Waals surface area contributed by atoms with Crippen LogP contribution in [0.2, 0.25) is 0 Å². The van der Waals surface area contributed by atoms with Crippen molar-refractivity contribution in [1.82, 2.24) is 0 Å². The molecular formula is C7H8. The highest BCUT2D eigenvalue weighted by atomic mass is 14.8. The molecule has 0 amide bonds. The minimum atomic E-state index is 1.09. The van der Waals surface area contributed by atoms with Gasteiger partial charge >= 0.3 is 0 Å². The van der Waals surface area contributed by atoms with Gasteiger partial charge in [-0.1, -0.05) is 11.6 Å². The molecule has 0 aliphatic heterocycles. The van der Waals surface area contributed by atoms with Gasteiger partial charge in [0.2, 0.25) is 0 Å². The lowest BCUT2D eigenvalue weighted by atomic mass is 10.1. The van der Waals surface area contributed by atoms with E-state index in [-0.39, 0.29) is 0 Å². The lowest BCUT2D eigenvalue weighted by molar-refractivity contribution is 0.674. The van der Waals surface area contributed by atoms with Crippen LogP contribution in [0.15, 0.2) is 11.6 Å². The molecule has 2 unspecified atom stereocenters. The average molecular weight is 92.1 g/mol. The second-order valence-corrected chi connectivity index (χ2v) is 3.17. The summed E-state index contributed by atoms with van der Waals surface area (Å²) in [7, 11) is 0. The topological polar surface area (TPSA) is 0 Å². The van der Waals surface area contributed by atoms with Crippen LogP contribution in [-0.2, 0) is 0 Å². The molecule has 4 aliphatic rings. The molecule has 0 heterocycles. The fourth-order valence-electron chi connectivity index (χ4n) is 2.32. The van der Waals surface area contributed by atoms with Crippen LogP contribution in [0.1, 0.15) is 6.92 Å². The zero-order valence-electron chi connectivity index (χ0n) is 4.39. The summed E-state index contributed by atoms with van der Waals surface area (Å²) in [6, 6.07) is 0. The van der Waals surface area contributed by atoms with Crippen LogP contribution in [0.3, 0.4) is 0 Å². The number of rotatable bonds is 0. The molecule has 4 aliphatic carbocycles. The van der Waals surface area contributed by atoms with E-state index in [0.29, 0.717) is 0 Å². The molecule has 0 saturated heterocycles. The second-order valence-electron chi connectivity index (χ2n) is 3.17. The minimum Gasteiger partial charge on any atom is -0.0816 e. The van der Waals surface area contributed by atoms with Crippen LogP contribution in [0.25, 0.3) is 0 Å². The molecule has 2 saturated carbocycles. The summed E-state index contributed by atoms with van der Waals surface area (Å²) in [6.07, 6.45) is 2.47. The van der Waals surface area contributed by atoms with Gasteiger partial charge in [-0.25, -0.2) is 0 Å². The fourth-order valence-corrected chi connectivity index (χ4v) is 2.32. The summed E-state index contributed by atoms with van der Waals surface area (Å²) in [6.45, 7) is 2.28. The van der Waals surface area contributed by atoms with Gasteiger partial charge in [-0.05, 0) is 30.6 Å². The van der Waals surface area contributed by atoms with Crippen molar-refractivity contribution < 1.29 is 0 Å². The molecule has 0 heteroatoms. The average Bonchev–Trinajstić information content (AvgIpc) is 2.41. The van der Waals surface area contributed by atoms with Gasteiger partial charge in [0.1, 0.15) is 0 Å². The van der Waals surface area contributed by atoms with Gasteiger partial charge in [-0.15, -0.1) is 0 Å². The van der Waals surface area contributed by atoms with E-state index in [1.54, 1.807) is 5.57 Å². The summed E-state index contributed by atoms with van der Waals surface area (Å²) in [5, 5.41) is 0. The van der Waals surface area contributed by atoms with Gasteiger partial charge in [0.15, 0.2) is 0 Å². The Morgan fingerprint density at radius 1 is 1.43 bits per heavy atom. The first-order valence-corrected chi connectivity index (χ1v) is 3.08. The molecule has 36 valence electrons. The van der Waals surface area contributed by atoms with Gasteiger partial charge in [0.05, 0.1) is 0 Å². The first kappa shape index (κ1) is 2.91. The fraction of sp³-hybridized carbons (Fsp3) is 0.714. The van der Waals surface area contributed by atoms with Crippen molar-refractivity contribution in [2.45, 2.75) is 6.92 Å². The van der Waals surface area contributed by atoms with E-state index in [2.05, 4.69) is 13.0 Å². The zero-order chi connectivity index (χ0) is 4.59. The maximum Gasteiger partial charge on any atom is -0.0132 e. The smallest absolute Gasteiger partial charge is 0.0132 e. The lowest BCUT2D eigenvalue weighted by Crippen LogP contribution is -1.84. The maximum atomic E-state index is 2.47. The highest BCUT2D eigenvalue weighted by molar-refractivity contribution is 5.43. The van der Waals surface area contributed by atoms with Gasteiger partial charge < -0.3 is 0 Å². The Morgan fingerprint density at radius 3 is 2.29 bits per heavy atom. The Hall–Kier alpha value is -0.260. The third-order valence-electron chi connectivity index (χ3n) is 2.86. The van der Waals surface area contributed by atoms with Crippen LogP contribution in [0.5, 0.6) is 0 Å². The molecule has 0 spiro atoms. The molecule has 0 aromatic carbocycles. The van der Waals surface area contributed by atoms with Crippen molar-refractivity contribution in [3.05, 3.63) is 11.6 Å². The standard InChI is InChI=1S/C7H8/c1-3-2-4-6-5(3)7(4)6/h2,4-7H,1H3. The Bertz CT molecular complexity index is 157. The molecule has 0 N–H and O–H groups in total. The first-order chi connectivity index (χ1) is 3.39. The van der Waals surface area contributed by atoms with Crippen molar-refractivity contribution >= 4 is 0 Å². The summed E-state index contributed by atoms with van der Waals surface area (Å²) >= 11 is 0. The number of hydrogen-bond acceptors (Lipinski definition) is 0. The number of allylic oxidation sites excluding steroid dienone is 2. The van der Waals surface area contributed by atoms with Crippen LogP contribution in [0.4, 0.5) is 0 Å². The highest BCUT2D eigenvalue weighted by Crippen LogP contribution is 2.80. The Morgan fingerprint density at radius 2 is 2.14 bits per heavy atom. The Kier molecular flexibility index (Phi) is 0.216. The molecule has 0 aromatic heterocycles. The zero-order valence-corrected chi connectivity index (χ0v) is 4.39. The lowest BCUT2D eigenvalue weighted by Gasteiger charge is -1.90. The third-order valence-corrected chi connectivity index (χ3v) is 2.86. The van der Waals surface area contributed by atoms with Crippen molar-refractivity contribution in [3.63, 3.8) is 0 Å². The summed E-state index contributed by atoms with van der Waals surface area (Å²) in [4.78, 5) is 0. The summed E-state index contributed by atoms with van der Waals surface area (Å²) in [5.41, 5.74) is 1.69. The Labute approximate surface area is 43.2 Å². The molecule has 0 nitrogen and oxygen atoms in total. The summed E-state index contributed by atoms with van der Waals surface area (Å²) in [5.74, 6) is 4.55. The van der Waals surface area contributed by atoms with Gasteiger partial charge in [0, 0.05) is 0 Å². The van der Waals surface area contributed by atoms with Gasteiger partial charge in [0.25, 0.3) is 0 Å². The van der Waals surface area contributed by atoms with Crippen LogP contribution < -0.4 is 0 Å². The van der Waals surface area contributed by atoms with E-state index in [1.165, 1.54) is 11.8 Å². The van der Waals surface area contributed by atoms with E-state index in [4.69, 9.17) is 0 Å². The largest absolute Gasteiger partial charge is 0.0816 e. The molecule has 2 fully saturated rings. The number of hydrogen-bond donors (Lipinski definition) is 0. The van der Waals surface area contributed by atoms with E-state index in [9.17, 15) is 0 Å². The summed E-state index contributed by atoms with van der Waals surface area (Å²) < 4.78 is 0. The highest BCUT2D eigenvalue weighted by Gasteiger charge is 2.76. The molecule has 0 aromatic rings. The van der Waals surface area contributed by atoms with Crippen molar-refractivity contribution in [2.75, 3.05) is 0 Å². The molecular weight excluding hydrogens is 84.1 g/mol. The van der Waals surface area contributed by atoms with Crippen molar-refractivity contribution in [3.8, 4) is 0 Å². The quantitative estimate of drug-likeness (QED) is 0.396. The molecule has 4 rings (SSSR count). The predicted molar refractivity (Wildman–Crippen MR) is 27.7 cm³/mol. The normalized spacial score (nSPS) is 69.6. The predicted octanol–water partition coefficient (Wildman–Crippen LogP) is 1.44. The van der Waals surface area contributed by atoms with E-state index in [0.717, 1.165) is 11.8 Å². The van der Waals surface area contributed by atoms with Crippen LogP contribution in [-0.4, -0.2) is 0 Å². The SMILES string of the molecule is CC1=CC2C3C1C23. The maximum absolute atomic E-state index is 2.47. The van der Waals surface area contributed by atoms with Crippen LogP contribution in [0, 0.1) is 23.7 Å². The van der Waals surface area contributed by atoms with E-state index >= 15 is 0 Å². The van der Waals surface area contributed by atoms with E-state index in [1.807, 2.05) is 0 Å². The molecule has 2 bridgehead atoms. The Balaban J connectivity index is 2.21. The minimum absolute atomic E-state index is 1.09. The van der Waals surface area contributed by atoms with E-state index < -0.39 is 0 Å². The van der Waals surface area contributed by atoms with Crippen LogP contribution >= 0.6 is 0 Å². The van der Waals surface area contributed by atoms with Gasteiger partial charge in [-0.3, -0.25) is 0 Å². The van der Waals surface area contributed by atoms with Gasteiger partial charge in [-0.2, -0.15) is 0 Å². The third kappa shape index (κ3) is 0.142. The first-order valence-electron chi connectivity index (χ1n) is 3.08. The molecule has 0 radical (unpaired) electrons. The monoisotopic (exact) mass is 92.1 g/mol. The van der Waals surface area contributed by atoms with Crippen molar-refractivity contribution in [1.29, 1.82) is 0 Å². The molecule has 7 heavy (non-hydrogen) atoms. The second kappa shape index (κ2) is 0.521. The van der Waals surface area contributed by atoms with Crippen molar-refractivity contribution in [2.24, 2.45) is 23.7 Å². The molecule has 2 atom stereocenters.